The van der Waals surface area contributed by atoms with Crippen molar-refractivity contribution >= 4 is 34.2 Å². The lowest BCUT2D eigenvalue weighted by atomic mass is 10.0. The number of anilines is 1. The Hall–Kier alpha value is -4.15. The number of hydrogen-bond donors (Lipinski definition) is 0. The normalized spacial score (nSPS) is 12.9. The zero-order chi connectivity index (χ0) is 22.7. The van der Waals surface area contributed by atoms with E-state index in [2.05, 4.69) is 10.3 Å². The number of nitrogens with zero attached hydrogens (tertiary/aromatic N) is 5. The number of non-ortho nitro benzene ring substituents is 1. The molecule has 1 aliphatic rings. The molecule has 11 nitrogen and oxygen atoms in total. The average molecular weight is 437 g/mol. The smallest absolute Gasteiger partial charge is 0.308 e. The van der Waals surface area contributed by atoms with Crippen molar-refractivity contribution in [3.05, 3.63) is 68.5 Å². The summed E-state index contributed by atoms with van der Waals surface area (Å²) in [7, 11) is 0. The molecule has 3 aromatic rings. The van der Waals surface area contributed by atoms with Crippen molar-refractivity contribution in [1.29, 1.82) is 0 Å². The van der Waals surface area contributed by atoms with Crippen LogP contribution in [0.15, 0.2) is 47.3 Å². The lowest BCUT2D eigenvalue weighted by molar-refractivity contribution is -0.384. The number of aromatic nitrogens is 3. The van der Waals surface area contributed by atoms with E-state index >= 15 is 0 Å². The topological polar surface area (TPSA) is 138 Å². The predicted molar refractivity (Wildman–Crippen MR) is 113 cm³/mol. The Kier molecular flexibility index (Phi) is 5.88. The summed E-state index contributed by atoms with van der Waals surface area (Å²) in [6.45, 7) is -0.0588. The molecule has 11 heteroatoms. The van der Waals surface area contributed by atoms with Crippen LogP contribution in [-0.4, -0.2) is 44.9 Å². The molecule has 1 aromatic heterocycles. The highest BCUT2D eigenvalue weighted by molar-refractivity contribution is 5.96. The number of carbonyl (C=O) groups is 2. The van der Waals surface area contributed by atoms with Crippen LogP contribution >= 0.6 is 0 Å². The van der Waals surface area contributed by atoms with Gasteiger partial charge in [-0.15, -0.1) is 5.10 Å². The van der Waals surface area contributed by atoms with Crippen LogP contribution < -0.4 is 10.5 Å². The van der Waals surface area contributed by atoms with E-state index in [0.717, 1.165) is 4.68 Å². The Labute approximate surface area is 181 Å². The molecule has 1 amide bonds. The third-order valence-corrected chi connectivity index (χ3v) is 5.21. The minimum absolute atomic E-state index is 0.0279. The quantitative estimate of drug-likeness (QED) is 0.322. The van der Waals surface area contributed by atoms with Crippen LogP contribution in [0.4, 0.5) is 11.4 Å². The molecule has 0 saturated carbocycles. The molecular formula is C21H19N5O6. The first-order valence-corrected chi connectivity index (χ1v) is 10.00. The van der Waals surface area contributed by atoms with Crippen molar-refractivity contribution in [2.75, 3.05) is 18.1 Å². The van der Waals surface area contributed by atoms with E-state index in [9.17, 15) is 24.5 Å². The van der Waals surface area contributed by atoms with Gasteiger partial charge in [0.15, 0.2) is 6.61 Å². The Bertz CT molecular complexity index is 1270. The Balaban J connectivity index is 1.35. The number of esters is 1. The standard InChI is InChI=1S/C21H19N5O6/c27-19(24-10-3-4-14-12-15(26(30)31)7-8-18(14)24)13-32-20(28)9-11-25-21(29)16-5-1-2-6-17(16)22-23-25/h1-2,5-8,12H,3-4,9-11,13H2. The van der Waals surface area contributed by atoms with Gasteiger partial charge in [-0.25, -0.2) is 4.68 Å². The van der Waals surface area contributed by atoms with E-state index in [1.54, 1.807) is 24.3 Å². The van der Waals surface area contributed by atoms with Gasteiger partial charge < -0.3 is 9.64 Å². The molecule has 2 aromatic carbocycles. The molecule has 32 heavy (non-hydrogen) atoms. The molecule has 0 aliphatic carbocycles. The van der Waals surface area contributed by atoms with Crippen molar-refractivity contribution in [3.63, 3.8) is 0 Å². The number of hydrogen-bond acceptors (Lipinski definition) is 8. The first-order chi connectivity index (χ1) is 15.4. The van der Waals surface area contributed by atoms with Crippen LogP contribution in [0.2, 0.25) is 0 Å². The van der Waals surface area contributed by atoms with E-state index in [1.165, 1.54) is 23.1 Å². The average Bonchev–Trinajstić information content (AvgIpc) is 2.81. The molecule has 0 bridgehead atoms. The molecule has 0 fully saturated rings. The van der Waals surface area contributed by atoms with Crippen molar-refractivity contribution in [1.82, 2.24) is 15.0 Å². The summed E-state index contributed by atoms with van der Waals surface area (Å²) in [5, 5.41) is 19.1. The molecule has 0 saturated heterocycles. The van der Waals surface area contributed by atoms with Gasteiger partial charge in [0.1, 0.15) is 5.52 Å². The summed E-state index contributed by atoms with van der Waals surface area (Å²) in [5.41, 5.74) is 1.37. The summed E-state index contributed by atoms with van der Waals surface area (Å²) in [4.78, 5) is 49.1. The first-order valence-electron chi connectivity index (χ1n) is 10.00. The summed E-state index contributed by atoms with van der Waals surface area (Å²) < 4.78 is 6.16. The van der Waals surface area contributed by atoms with Gasteiger partial charge in [-0.2, -0.15) is 0 Å². The highest BCUT2D eigenvalue weighted by Gasteiger charge is 2.25. The molecule has 4 rings (SSSR count). The summed E-state index contributed by atoms with van der Waals surface area (Å²) in [6, 6.07) is 11.1. The maximum absolute atomic E-state index is 12.6. The number of carbonyl (C=O) groups excluding carboxylic acids is 2. The maximum Gasteiger partial charge on any atom is 0.308 e. The summed E-state index contributed by atoms with van der Waals surface area (Å²) in [5.74, 6) is -1.07. The Morgan fingerprint density at radius 3 is 2.81 bits per heavy atom. The van der Waals surface area contributed by atoms with Crippen molar-refractivity contribution in [2.45, 2.75) is 25.8 Å². The number of aryl methyl sites for hydroxylation is 2. The number of benzene rings is 2. The molecule has 2 heterocycles. The zero-order valence-electron chi connectivity index (χ0n) is 17.0. The fourth-order valence-electron chi connectivity index (χ4n) is 3.62. The third-order valence-electron chi connectivity index (χ3n) is 5.21. The first kappa shape index (κ1) is 21.1. The minimum atomic E-state index is -0.652. The number of nitro benzene ring substituents is 1. The molecule has 0 atom stereocenters. The largest absolute Gasteiger partial charge is 0.455 e. The number of nitro groups is 1. The Morgan fingerprint density at radius 2 is 2.00 bits per heavy atom. The zero-order valence-corrected chi connectivity index (χ0v) is 17.0. The Morgan fingerprint density at radius 1 is 1.19 bits per heavy atom. The molecular weight excluding hydrogens is 418 g/mol. The monoisotopic (exact) mass is 437 g/mol. The van der Waals surface area contributed by atoms with Crippen LogP contribution in [0.25, 0.3) is 10.9 Å². The van der Waals surface area contributed by atoms with Gasteiger partial charge in [-0.3, -0.25) is 24.5 Å². The van der Waals surface area contributed by atoms with E-state index in [1.807, 2.05) is 0 Å². The van der Waals surface area contributed by atoms with E-state index in [4.69, 9.17) is 4.74 Å². The number of ether oxygens (including phenoxy) is 1. The van der Waals surface area contributed by atoms with E-state index in [-0.39, 0.29) is 24.2 Å². The van der Waals surface area contributed by atoms with Crippen LogP contribution in [-0.2, 0) is 27.3 Å². The van der Waals surface area contributed by atoms with Crippen molar-refractivity contribution < 1.29 is 19.2 Å². The molecule has 1 aliphatic heterocycles. The van der Waals surface area contributed by atoms with Gasteiger partial charge in [0.25, 0.3) is 17.2 Å². The second-order valence-corrected chi connectivity index (χ2v) is 7.26. The van der Waals surface area contributed by atoms with Crippen molar-refractivity contribution in [3.8, 4) is 0 Å². The van der Waals surface area contributed by atoms with Gasteiger partial charge in [-0.1, -0.05) is 17.3 Å². The fraction of sp³-hybridized carbons (Fsp3) is 0.286. The van der Waals surface area contributed by atoms with Crippen LogP contribution in [0, 0.1) is 10.1 Å². The van der Waals surface area contributed by atoms with Crippen LogP contribution in [0.3, 0.4) is 0 Å². The second kappa shape index (κ2) is 8.92. The second-order valence-electron chi connectivity index (χ2n) is 7.26. The van der Waals surface area contributed by atoms with E-state index < -0.39 is 23.4 Å². The fourth-order valence-corrected chi connectivity index (χ4v) is 3.62. The number of rotatable bonds is 6. The highest BCUT2D eigenvalue weighted by Crippen LogP contribution is 2.30. The third kappa shape index (κ3) is 4.31. The van der Waals surface area contributed by atoms with Crippen LogP contribution in [0.5, 0.6) is 0 Å². The van der Waals surface area contributed by atoms with E-state index in [0.29, 0.717) is 41.5 Å². The molecule has 0 N–H and O–H groups in total. The summed E-state index contributed by atoms with van der Waals surface area (Å²) >= 11 is 0. The number of fused-ring (bicyclic) bond motifs is 2. The lowest BCUT2D eigenvalue weighted by Gasteiger charge is -2.29. The van der Waals surface area contributed by atoms with Gasteiger partial charge in [-0.05, 0) is 36.6 Å². The minimum Gasteiger partial charge on any atom is -0.455 e. The maximum atomic E-state index is 12.6. The molecule has 0 unspecified atom stereocenters. The highest BCUT2D eigenvalue weighted by atomic mass is 16.6. The van der Waals surface area contributed by atoms with Gasteiger partial charge >= 0.3 is 5.97 Å². The molecule has 0 radical (unpaired) electrons. The predicted octanol–water partition coefficient (Wildman–Crippen LogP) is 1.61. The molecule has 0 spiro atoms. The van der Waals surface area contributed by atoms with Gasteiger partial charge in [0.05, 0.1) is 23.3 Å². The van der Waals surface area contributed by atoms with Gasteiger partial charge in [0, 0.05) is 24.4 Å². The lowest BCUT2D eigenvalue weighted by Crippen LogP contribution is -2.38. The van der Waals surface area contributed by atoms with Gasteiger partial charge in [0.2, 0.25) is 0 Å². The number of amides is 1. The summed E-state index contributed by atoms with van der Waals surface area (Å²) in [6.07, 6.45) is 1.13. The van der Waals surface area contributed by atoms with Crippen molar-refractivity contribution in [2.24, 2.45) is 0 Å². The molecule has 164 valence electrons. The SMILES string of the molecule is O=C(CCn1nnc2ccccc2c1=O)OCC(=O)N1CCCc2cc([N+](=O)[O-])ccc21. The van der Waals surface area contributed by atoms with Crippen LogP contribution in [0.1, 0.15) is 18.4 Å².